The van der Waals surface area contributed by atoms with E-state index in [-0.39, 0.29) is 5.97 Å². The highest BCUT2D eigenvalue weighted by Gasteiger charge is 2.07. The lowest BCUT2D eigenvalue weighted by Gasteiger charge is -2.06. The molecule has 2 N–H and O–H groups in total. The van der Waals surface area contributed by atoms with Crippen LogP contribution in [0.4, 0.5) is 0 Å². The van der Waals surface area contributed by atoms with Gasteiger partial charge in [0.2, 0.25) is 0 Å². The average Bonchev–Trinajstić information content (AvgIpc) is 2.57. The Hall–Kier alpha value is -1.09. The normalized spacial score (nSPS) is 13.0. The first-order chi connectivity index (χ1) is 11.7. The van der Waals surface area contributed by atoms with Crippen molar-refractivity contribution < 1.29 is 9.53 Å². The number of hydrogen-bond donors (Lipinski definition) is 1. The molecule has 0 aliphatic rings. The van der Waals surface area contributed by atoms with Gasteiger partial charge in [-0.25, -0.2) is 0 Å². The lowest BCUT2D eigenvalue weighted by atomic mass is 10.1. The number of carbonyl (C=O) groups is 1. The minimum absolute atomic E-state index is 0.294. The predicted octanol–water partition coefficient (Wildman–Crippen LogP) is 5.69. The zero-order chi connectivity index (χ0) is 17.9. The Kier molecular flexibility index (Phi) is 17.4. The Labute approximate surface area is 149 Å². The number of hydrogen-bond acceptors (Lipinski definition) is 3. The Bertz CT molecular complexity index is 335. The van der Waals surface area contributed by atoms with Crippen LogP contribution in [0.5, 0.6) is 0 Å². The van der Waals surface area contributed by atoms with Crippen LogP contribution in [-0.2, 0) is 9.53 Å². The quantitative estimate of drug-likeness (QED) is 0.223. The van der Waals surface area contributed by atoms with E-state index in [9.17, 15) is 4.79 Å². The van der Waals surface area contributed by atoms with Crippen molar-refractivity contribution in [1.82, 2.24) is 0 Å². The van der Waals surface area contributed by atoms with Gasteiger partial charge in [-0.15, -0.1) is 0 Å². The smallest absolute Gasteiger partial charge is 0.322 e. The van der Waals surface area contributed by atoms with Crippen LogP contribution < -0.4 is 5.73 Å². The summed E-state index contributed by atoms with van der Waals surface area (Å²) in [5.41, 5.74) is 5.42. The van der Waals surface area contributed by atoms with E-state index in [1.807, 2.05) is 0 Å². The molecule has 0 rings (SSSR count). The monoisotopic (exact) mass is 337 g/mol. The summed E-state index contributed by atoms with van der Waals surface area (Å²) in [5, 5.41) is 0. The van der Waals surface area contributed by atoms with E-state index in [2.05, 4.69) is 31.2 Å². The topological polar surface area (TPSA) is 52.3 Å². The van der Waals surface area contributed by atoms with E-state index >= 15 is 0 Å². The molecule has 140 valence electrons. The van der Waals surface area contributed by atoms with Crippen LogP contribution in [0.2, 0.25) is 0 Å². The summed E-state index contributed by atoms with van der Waals surface area (Å²) in [5.74, 6) is -0.294. The fraction of sp³-hybridized carbons (Fsp3) is 0.762. The number of esters is 1. The van der Waals surface area contributed by atoms with Crippen LogP contribution in [0.1, 0.15) is 90.9 Å². The van der Waals surface area contributed by atoms with Gasteiger partial charge in [0.05, 0.1) is 6.61 Å². The van der Waals surface area contributed by atoms with Crippen LogP contribution in [0, 0.1) is 0 Å². The molecule has 0 saturated carbocycles. The van der Waals surface area contributed by atoms with Crippen molar-refractivity contribution in [2.75, 3.05) is 6.61 Å². The van der Waals surface area contributed by atoms with E-state index in [0.29, 0.717) is 6.61 Å². The number of carbonyl (C=O) groups excluding carboxylic acids is 1. The molecule has 1 atom stereocenters. The molecule has 3 nitrogen and oxygen atoms in total. The largest absolute Gasteiger partial charge is 0.465 e. The van der Waals surface area contributed by atoms with Gasteiger partial charge in [0.25, 0.3) is 0 Å². The maximum atomic E-state index is 11.1. The van der Waals surface area contributed by atoms with E-state index in [4.69, 9.17) is 10.5 Å². The maximum absolute atomic E-state index is 11.1. The third-order valence-corrected chi connectivity index (χ3v) is 3.96. The van der Waals surface area contributed by atoms with Crippen molar-refractivity contribution in [2.24, 2.45) is 5.73 Å². The van der Waals surface area contributed by atoms with Crippen LogP contribution in [0.25, 0.3) is 0 Å². The minimum atomic E-state index is -0.505. The van der Waals surface area contributed by atoms with Crippen molar-refractivity contribution in [1.29, 1.82) is 0 Å². The predicted molar refractivity (Wildman–Crippen MR) is 104 cm³/mol. The summed E-state index contributed by atoms with van der Waals surface area (Å²) in [7, 11) is 0. The summed E-state index contributed by atoms with van der Waals surface area (Å²) >= 11 is 0. The molecule has 0 aliphatic heterocycles. The van der Waals surface area contributed by atoms with E-state index < -0.39 is 6.04 Å². The summed E-state index contributed by atoms with van der Waals surface area (Å²) in [6, 6.07) is -0.505. The Morgan fingerprint density at radius 1 is 0.875 bits per heavy atom. The molecular weight excluding hydrogens is 298 g/mol. The third-order valence-electron chi connectivity index (χ3n) is 3.96. The molecule has 24 heavy (non-hydrogen) atoms. The van der Waals surface area contributed by atoms with Gasteiger partial charge in [0, 0.05) is 0 Å². The number of allylic oxidation sites excluding steroid dienone is 4. The second kappa shape index (κ2) is 18.3. The lowest BCUT2D eigenvalue weighted by molar-refractivity contribution is -0.144. The van der Waals surface area contributed by atoms with E-state index in [1.165, 1.54) is 57.8 Å². The second-order valence-corrected chi connectivity index (χ2v) is 6.54. The van der Waals surface area contributed by atoms with Crippen molar-refractivity contribution in [2.45, 2.75) is 96.9 Å². The molecule has 0 amide bonds. The van der Waals surface area contributed by atoms with Crippen LogP contribution >= 0.6 is 0 Å². The molecule has 0 aromatic carbocycles. The Morgan fingerprint density at radius 2 is 1.42 bits per heavy atom. The first-order valence-corrected chi connectivity index (χ1v) is 9.90. The second-order valence-electron chi connectivity index (χ2n) is 6.54. The van der Waals surface area contributed by atoms with Gasteiger partial charge in [-0.2, -0.15) is 0 Å². The molecule has 0 unspecified atom stereocenters. The fourth-order valence-electron chi connectivity index (χ4n) is 2.39. The van der Waals surface area contributed by atoms with Gasteiger partial charge in [-0.3, -0.25) is 4.79 Å². The van der Waals surface area contributed by atoms with Crippen molar-refractivity contribution >= 4 is 5.97 Å². The zero-order valence-corrected chi connectivity index (χ0v) is 16.0. The first kappa shape index (κ1) is 22.9. The summed E-state index contributed by atoms with van der Waals surface area (Å²) in [4.78, 5) is 11.1. The summed E-state index contributed by atoms with van der Waals surface area (Å²) in [6.07, 6.45) is 23.8. The molecule has 3 heteroatoms. The lowest BCUT2D eigenvalue weighted by Crippen LogP contribution is -2.28. The highest BCUT2D eigenvalue weighted by molar-refractivity contribution is 5.74. The maximum Gasteiger partial charge on any atom is 0.322 e. The van der Waals surface area contributed by atoms with E-state index in [0.717, 1.165) is 19.3 Å². The molecule has 0 aromatic heterocycles. The Balaban J connectivity index is 3.22. The highest BCUT2D eigenvalue weighted by atomic mass is 16.5. The number of rotatable bonds is 16. The molecule has 0 aromatic rings. The minimum Gasteiger partial charge on any atom is -0.465 e. The van der Waals surface area contributed by atoms with Gasteiger partial charge < -0.3 is 10.5 Å². The molecule has 0 heterocycles. The molecule has 0 bridgehead atoms. The van der Waals surface area contributed by atoms with Crippen LogP contribution in [0.3, 0.4) is 0 Å². The van der Waals surface area contributed by atoms with Gasteiger partial charge >= 0.3 is 5.97 Å². The summed E-state index contributed by atoms with van der Waals surface area (Å²) < 4.78 is 5.04. The molecular formula is C21H39NO2. The molecule has 0 spiro atoms. The third kappa shape index (κ3) is 17.3. The fourth-order valence-corrected chi connectivity index (χ4v) is 2.39. The van der Waals surface area contributed by atoms with Gasteiger partial charge in [0.15, 0.2) is 0 Å². The molecule has 0 aliphatic carbocycles. The standard InChI is InChI=1S/C21H39NO2/c1-3-4-5-6-7-8-9-10-11-12-13-14-15-16-17-18-19-24-21(23)20(2)22/h7-8,10-11,20H,3-6,9,12-19,22H2,1-2H3/t20-/m0/s1. The SMILES string of the molecule is CCCCCC=CCC=CCCCCCCCCOC(=O)[C@H](C)N. The first-order valence-electron chi connectivity index (χ1n) is 9.90. The highest BCUT2D eigenvalue weighted by Crippen LogP contribution is 2.08. The van der Waals surface area contributed by atoms with Crippen molar-refractivity contribution in [3.05, 3.63) is 24.3 Å². The van der Waals surface area contributed by atoms with E-state index in [1.54, 1.807) is 6.92 Å². The van der Waals surface area contributed by atoms with Gasteiger partial charge in [-0.1, -0.05) is 69.8 Å². The summed E-state index contributed by atoms with van der Waals surface area (Å²) in [6.45, 7) is 4.41. The number of nitrogens with two attached hydrogens (primary N) is 1. The Morgan fingerprint density at radius 3 is 2.00 bits per heavy atom. The van der Waals surface area contributed by atoms with Crippen LogP contribution in [0.15, 0.2) is 24.3 Å². The van der Waals surface area contributed by atoms with Crippen LogP contribution in [-0.4, -0.2) is 18.6 Å². The van der Waals surface area contributed by atoms with Gasteiger partial charge in [-0.05, 0) is 45.4 Å². The van der Waals surface area contributed by atoms with Crippen molar-refractivity contribution in [3.8, 4) is 0 Å². The number of ether oxygens (including phenoxy) is 1. The average molecular weight is 338 g/mol. The molecule has 0 radical (unpaired) electrons. The molecule has 0 saturated heterocycles. The molecule has 0 fully saturated rings. The van der Waals surface area contributed by atoms with Crippen molar-refractivity contribution in [3.63, 3.8) is 0 Å². The number of unbranched alkanes of at least 4 members (excludes halogenated alkanes) is 9. The van der Waals surface area contributed by atoms with Gasteiger partial charge in [0.1, 0.15) is 6.04 Å². The zero-order valence-electron chi connectivity index (χ0n) is 16.0.